The first kappa shape index (κ1) is 21.5. The van der Waals surface area contributed by atoms with Crippen LogP contribution in [0, 0.1) is 5.92 Å². The number of benzene rings is 1. The summed E-state index contributed by atoms with van der Waals surface area (Å²) >= 11 is 3.50. The van der Waals surface area contributed by atoms with Crippen LogP contribution < -0.4 is 5.32 Å². The van der Waals surface area contributed by atoms with Gasteiger partial charge in [0.25, 0.3) is 0 Å². The van der Waals surface area contributed by atoms with Crippen LogP contribution in [0.25, 0.3) is 11.3 Å². The van der Waals surface area contributed by atoms with Gasteiger partial charge in [0.05, 0.1) is 17.9 Å². The summed E-state index contributed by atoms with van der Waals surface area (Å²) in [5.41, 5.74) is 1.43. The summed E-state index contributed by atoms with van der Waals surface area (Å²) in [6.45, 7) is 9.99. The largest absolute Gasteiger partial charge is 0.444 e. The second-order valence-corrected chi connectivity index (χ2v) is 9.13. The van der Waals surface area contributed by atoms with Crippen molar-refractivity contribution in [1.29, 1.82) is 0 Å². The smallest absolute Gasteiger partial charge is 0.408 e. The van der Waals surface area contributed by atoms with E-state index in [1.165, 1.54) is 0 Å². The van der Waals surface area contributed by atoms with Crippen LogP contribution in [-0.4, -0.2) is 21.7 Å². The highest BCUT2D eigenvalue weighted by atomic mass is 79.9. The molecule has 0 saturated heterocycles. The fourth-order valence-electron chi connectivity index (χ4n) is 2.77. The minimum Gasteiger partial charge on any atom is -0.444 e. The maximum absolute atomic E-state index is 12.3. The molecule has 2 N–H and O–H groups in total. The monoisotopic (exact) mass is 435 g/mol. The van der Waals surface area contributed by atoms with Crippen molar-refractivity contribution in [2.45, 2.75) is 65.5 Å². The molecule has 0 fully saturated rings. The number of hydrogen-bond donors (Lipinski definition) is 2. The van der Waals surface area contributed by atoms with E-state index in [4.69, 9.17) is 4.74 Å². The number of carbonyl (C=O) groups excluding carboxylic acids is 1. The van der Waals surface area contributed by atoms with Crippen LogP contribution in [0.3, 0.4) is 0 Å². The van der Waals surface area contributed by atoms with Crippen molar-refractivity contribution in [3.8, 4) is 11.3 Å². The van der Waals surface area contributed by atoms with Crippen LogP contribution in [-0.2, 0) is 4.74 Å². The Balaban J connectivity index is 2.15. The number of halogens is 1. The van der Waals surface area contributed by atoms with E-state index in [0.29, 0.717) is 5.92 Å². The van der Waals surface area contributed by atoms with Crippen molar-refractivity contribution in [2.24, 2.45) is 5.92 Å². The van der Waals surface area contributed by atoms with E-state index in [-0.39, 0.29) is 6.04 Å². The molecule has 1 aromatic carbocycles. The first-order valence-electron chi connectivity index (χ1n) is 9.44. The van der Waals surface area contributed by atoms with Crippen LogP contribution in [0.2, 0.25) is 0 Å². The quantitative estimate of drug-likeness (QED) is 0.541. The van der Waals surface area contributed by atoms with Gasteiger partial charge in [0.15, 0.2) is 0 Å². The lowest BCUT2D eigenvalue weighted by Crippen LogP contribution is -2.35. The molecule has 0 bridgehead atoms. The predicted octanol–water partition coefficient (Wildman–Crippen LogP) is 6.23. The standard InChI is InChI=1S/C21H30BrN3O2/c1-14(2)8-6-11-17(25-20(26)27-21(3,4)5)19-23-13-18(24-19)15-9-7-10-16(22)12-15/h7,9-10,12-14,17H,6,8,11H2,1-5H3,(H,23,24)(H,25,26)/t17-/m0/s1. The number of aromatic amines is 1. The van der Waals surface area contributed by atoms with Crippen molar-refractivity contribution in [3.63, 3.8) is 0 Å². The number of imidazole rings is 1. The number of ether oxygens (including phenoxy) is 1. The van der Waals surface area contributed by atoms with Gasteiger partial charge in [-0.2, -0.15) is 0 Å². The third kappa shape index (κ3) is 7.37. The van der Waals surface area contributed by atoms with Gasteiger partial charge in [-0.3, -0.25) is 0 Å². The molecular weight excluding hydrogens is 406 g/mol. The minimum absolute atomic E-state index is 0.209. The number of amides is 1. The van der Waals surface area contributed by atoms with E-state index in [1.807, 2.05) is 51.2 Å². The Morgan fingerprint density at radius 2 is 2.04 bits per heavy atom. The summed E-state index contributed by atoms with van der Waals surface area (Å²) in [5, 5.41) is 2.98. The first-order chi connectivity index (χ1) is 12.6. The minimum atomic E-state index is -0.531. The molecule has 6 heteroatoms. The maximum Gasteiger partial charge on any atom is 0.408 e. The van der Waals surface area contributed by atoms with Gasteiger partial charge in [-0.05, 0) is 45.2 Å². The third-order valence-corrected chi connectivity index (χ3v) is 4.52. The number of H-pyrrole nitrogens is 1. The molecule has 0 aliphatic carbocycles. The predicted molar refractivity (Wildman–Crippen MR) is 113 cm³/mol. The molecule has 2 rings (SSSR count). The Bertz CT molecular complexity index is 750. The molecule has 148 valence electrons. The zero-order chi connectivity index (χ0) is 20.0. The number of hydrogen-bond acceptors (Lipinski definition) is 3. The zero-order valence-electron chi connectivity index (χ0n) is 16.8. The summed E-state index contributed by atoms with van der Waals surface area (Å²) in [4.78, 5) is 20.2. The molecular formula is C21H30BrN3O2. The van der Waals surface area contributed by atoms with Crippen LogP contribution >= 0.6 is 15.9 Å². The molecule has 0 spiro atoms. The van der Waals surface area contributed by atoms with Crippen LogP contribution in [0.5, 0.6) is 0 Å². The van der Waals surface area contributed by atoms with Crippen molar-refractivity contribution in [3.05, 3.63) is 40.8 Å². The molecule has 0 unspecified atom stereocenters. The molecule has 1 amide bonds. The molecule has 2 aromatic rings. The zero-order valence-corrected chi connectivity index (χ0v) is 18.4. The Labute approximate surface area is 170 Å². The lowest BCUT2D eigenvalue weighted by molar-refractivity contribution is 0.0498. The van der Waals surface area contributed by atoms with Gasteiger partial charge < -0.3 is 15.0 Å². The molecule has 0 radical (unpaired) electrons. The molecule has 0 aliphatic heterocycles. The lowest BCUT2D eigenvalue weighted by atomic mass is 10.0. The highest BCUT2D eigenvalue weighted by molar-refractivity contribution is 9.10. The summed E-state index contributed by atoms with van der Waals surface area (Å²) in [7, 11) is 0. The highest BCUT2D eigenvalue weighted by Crippen LogP contribution is 2.25. The number of alkyl carbamates (subject to hydrolysis) is 1. The van der Waals surface area contributed by atoms with Crippen LogP contribution in [0.4, 0.5) is 4.79 Å². The topological polar surface area (TPSA) is 67.0 Å². The van der Waals surface area contributed by atoms with Crippen molar-refractivity contribution in [1.82, 2.24) is 15.3 Å². The second-order valence-electron chi connectivity index (χ2n) is 8.22. The van der Waals surface area contributed by atoms with E-state index in [0.717, 1.165) is 40.8 Å². The van der Waals surface area contributed by atoms with Crippen molar-refractivity contribution in [2.75, 3.05) is 0 Å². The molecule has 1 aromatic heterocycles. The van der Waals surface area contributed by atoms with Gasteiger partial charge in [0.2, 0.25) is 0 Å². The number of carbonyl (C=O) groups is 1. The second kappa shape index (κ2) is 9.40. The summed E-state index contributed by atoms with van der Waals surface area (Å²) in [6, 6.07) is 7.82. The molecule has 0 saturated carbocycles. The first-order valence-corrected chi connectivity index (χ1v) is 10.2. The summed E-state index contributed by atoms with van der Waals surface area (Å²) < 4.78 is 6.44. The van der Waals surface area contributed by atoms with Gasteiger partial charge in [-0.15, -0.1) is 0 Å². The maximum atomic E-state index is 12.3. The highest BCUT2D eigenvalue weighted by Gasteiger charge is 2.22. The Hall–Kier alpha value is -1.82. The molecule has 27 heavy (non-hydrogen) atoms. The van der Waals surface area contributed by atoms with Crippen molar-refractivity contribution >= 4 is 22.0 Å². The third-order valence-electron chi connectivity index (χ3n) is 4.03. The lowest BCUT2D eigenvalue weighted by Gasteiger charge is -2.23. The van der Waals surface area contributed by atoms with Gasteiger partial charge >= 0.3 is 6.09 Å². The number of nitrogens with one attached hydrogen (secondary N) is 2. The molecule has 5 nitrogen and oxygen atoms in total. The summed E-state index contributed by atoms with van der Waals surface area (Å²) in [6.07, 6.45) is 4.31. The van der Waals surface area contributed by atoms with Crippen LogP contribution in [0.1, 0.15) is 65.7 Å². The van der Waals surface area contributed by atoms with Gasteiger partial charge in [0.1, 0.15) is 11.4 Å². The fraction of sp³-hybridized carbons (Fsp3) is 0.524. The van der Waals surface area contributed by atoms with Gasteiger partial charge in [-0.1, -0.05) is 54.8 Å². The number of aromatic nitrogens is 2. The summed E-state index contributed by atoms with van der Waals surface area (Å²) in [5.74, 6) is 1.38. The van der Waals surface area contributed by atoms with Crippen molar-refractivity contribution < 1.29 is 9.53 Å². The fourth-order valence-corrected chi connectivity index (χ4v) is 3.17. The Kier molecular flexibility index (Phi) is 7.48. The van der Waals surface area contributed by atoms with Gasteiger partial charge in [-0.25, -0.2) is 9.78 Å². The van der Waals surface area contributed by atoms with Crippen LogP contribution in [0.15, 0.2) is 34.9 Å². The van der Waals surface area contributed by atoms with E-state index < -0.39 is 11.7 Å². The molecule has 1 atom stereocenters. The van der Waals surface area contributed by atoms with E-state index in [1.54, 1.807) is 0 Å². The van der Waals surface area contributed by atoms with Gasteiger partial charge in [0, 0.05) is 10.0 Å². The Morgan fingerprint density at radius 3 is 2.67 bits per heavy atom. The Morgan fingerprint density at radius 1 is 1.30 bits per heavy atom. The molecule has 1 heterocycles. The number of nitrogens with zero attached hydrogens (tertiary/aromatic N) is 1. The van der Waals surface area contributed by atoms with E-state index in [2.05, 4.69) is 45.1 Å². The molecule has 0 aliphatic rings. The van der Waals surface area contributed by atoms with E-state index >= 15 is 0 Å². The average molecular weight is 436 g/mol. The van der Waals surface area contributed by atoms with E-state index in [9.17, 15) is 4.79 Å². The normalized spacial score (nSPS) is 12.9. The SMILES string of the molecule is CC(C)CCC[C@H](NC(=O)OC(C)(C)C)c1ncc(-c2cccc(Br)c2)[nH]1. The average Bonchev–Trinajstić information content (AvgIpc) is 3.01. The number of rotatable bonds is 7.